The van der Waals surface area contributed by atoms with Crippen molar-refractivity contribution in [2.24, 2.45) is 5.92 Å². The van der Waals surface area contributed by atoms with Crippen LogP contribution in [0.1, 0.15) is 18.2 Å². The molecule has 1 aromatic carbocycles. The van der Waals surface area contributed by atoms with Gasteiger partial charge in [-0.2, -0.15) is 0 Å². The van der Waals surface area contributed by atoms with Gasteiger partial charge in [0.15, 0.2) is 0 Å². The van der Waals surface area contributed by atoms with Gasteiger partial charge >= 0.3 is 0 Å². The van der Waals surface area contributed by atoms with Crippen LogP contribution >= 0.6 is 15.9 Å². The predicted molar refractivity (Wildman–Crippen MR) is 67.6 cm³/mol. The number of rotatable bonds is 3. The number of fused-ring (bicyclic) bond motifs is 1. The largest absolute Gasteiger partial charge is 0.461 e. The zero-order chi connectivity index (χ0) is 10.8. The maximum atomic E-state index is 5.85. The SMILES string of the molecule is Cc1cccc2cc(CC(C)CBr)oc12. The third kappa shape index (κ3) is 2.25. The molecule has 0 spiro atoms. The van der Waals surface area contributed by atoms with E-state index in [-0.39, 0.29) is 0 Å². The van der Waals surface area contributed by atoms with E-state index < -0.39 is 0 Å². The lowest BCUT2D eigenvalue weighted by Gasteiger charge is -2.02. The molecule has 1 atom stereocenters. The number of benzene rings is 1. The van der Waals surface area contributed by atoms with Gasteiger partial charge in [-0.25, -0.2) is 0 Å². The summed E-state index contributed by atoms with van der Waals surface area (Å²) in [7, 11) is 0. The second kappa shape index (κ2) is 4.40. The highest BCUT2D eigenvalue weighted by Crippen LogP contribution is 2.24. The summed E-state index contributed by atoms with van der Waals surface area (Å²) in [5.74, 6) is 1.71. The number of hydrogen-bond acceptors (Lipinski definition) is 1. The summed E-state index contributed by atoms with van der Waals surface area (Å²) < 4.78 is 5.85. The van der Waals surface area contributed by atoms with Crippen molar-refractivity contribution in [2.45, 2.75) is 20.3 Å². The van der Waals surface area contributed by atoms with E-state index in [0.717, 1.165) is 23.1 Å². The summed E-state index contributed by atoms with van der Waals surface area (Å²) >= 11 is 3.49. The summed E-state index contributed by atoms with van der Waals surface area (Å²) in [6.45, 7) is 4.30. The van der Waals surface area contributed by atoms with Gasteiger partial charge in [-0.15, -0.1) is 0 Å². The summed E-state index contributed by atoms with van der Waals surface area (Å²) in [6, 6.07) is 8.42. The van der Waals surface area contributed by atoms with Crippen molar-refractivity contribution in [3.63, 3.8) is 0 Å². The third-order valence-electron chi connectivity index (χ3n) is 2.61. The Bertz CT molecular complexity index is 459. The number of furan rings is 1. The summed E-state index contributed by atoms with van der Waals surface area (Å²) in [5, 5.41) is 2.23. The van der Waals surface area contributed by atoms with Gasteiger partial charge in [0.05, 0.1) is 0 Å². The van der Waals surface area contributed by atoms with Crippen LogP contribution in [-0.2, 0) is 6.42 Å². The van der Waals surface area contributed by atoms with Crippen molar-refractivity contribution in [1.29, 1.82) is 0 Å². The van der Waals surface area contributed by atoms with Crippen LogP contribution in [0.2, 0.25) is 0 Å². The molecule has 0 saturated heterocycles. The van der Waals surface area contributed by atoms with Gasteiger partial charge < -0.3 is 4.42 Å². The van der Waals surface area contributed by atoms with Crippen LogP contribution in [0.5, 0.6) is 0 Å². The van der Waals surface area contributed by atoms with E-state index in [1.807, 2.05) is 0 Å². The monoisotopic (exact) mass is 266 g/mol. The van der Waals surface area contributed by atoms with E-state index in [4.69, 9.17) is 4.42 Å². The number of para-hydroxylation sites is 1. The molecule has 80 valence electrons. The minimum absolute atomic E-state index is 0.617. The van der Waals surface area contributed by atoms with Crippen molar-refractivity contribution in [2.75, 3.05) is 5.33 Å². The molecule has 0 fully saturated rings. The van der Waals surface area contributed by atoms with Crippen LogP contribution in [0.25, 0.3) is 11.0 Å². The van der Waals surface area contributed by atoms with Crippen molar-refractivity contribution in [3.05, 3.63) is 35.6 Å². The van der Waals surface area contributed by atoms with Gasteiger partial charge in [0.2, 0.25) is 0 Å². The molecule has 1 aromatic heterocycles. The fourth-order valence-corrected chi connectivity index (χ4v) is 1.99. The maximum Gasteiger partial charge on any atom is 0.137 e. The van der Waals surface area contributed by atoms with Crippen molar-refractivity contribution in [3.8, 4) is 0 Å². The van der Waals surface area contributed by atoms with E-state index in [1.54, 1.807) is 0 Å². The van der Waals surface area contributed by atoms with Gasteiger partial charge in [0.25, 0.3) is 0 Å². The van der Waals surface area contributed by atoms with Crippen LogP contribution in [0.3, 0.4) is 0 Å². The van der Waals surface area contributed by atoms with Gasteiger partial charge in [-0.1, -0.05) is 41.1 Å². The molecule has 2 aromatic rings. The molecule has 0 saturated carbocycles. The van der Waals surface area contributed by atoms with Crippen molar-refractivity contribution in [1.82, 2.24) is 0 Å². The standard InChI is InChI=1S/C13H15BrO/c1-9(8-14)6-12-7-11-5-3-4-10(2)13(11)15-12/h3-5,7,9H,6,8H2,1-2H3. The quantitative estimate of drug-likeness (QED) is 0.755. The molecule has 0 N–H and O–H groups in total. The molecule has 0 amide bonds. The average Bonchev–Trinajstić information content (AvgIpc) is 2.62. The van der Waals surface area contributed by atoms with E-state index in [9.17, 15) is 0 Å². The highest BCUT2D eigenvalue weighted by Gasteiger charge is 2.08. The van der Waals surface area contributed by atoms with Crippen LogP contribution in [-0.4, -0.2) is 5.33 Å². The summed E-state index contributed by atoms with van der Waals surface area (Å²) in [4.78, 5) is 0. The van der Waals surface area contributed by atoms with Gasteiger partial charge in [-0.05, 0) is 24.5 Å². The molecule has 1 unspecified atom stereocenters. The second-order valence-corrected chi connectivity index (χ2v) is 4.82. The Balaban J connectivity index is 2.35. The maximum absolute atomic E-state index is 5.85. The summed E-state index contributed by atoms with van der Waals surface area (Å²) in [5.41, 5.74) is 2.25. The number of alkyl halides is 1. The Morgan fingerprint density at radius 2 is 2.20 bits per heavy atom. The highest BCUT2D eigenvalue weighted by molar-refractivity contribution is 9.09. The molecule has 15 heavy (non-hydrogen) atoms. The first-order chi connectivity index (χ1) is 7.20. The minimum Gasteiger partial charge on any atom is -0.461 e. The molecule has 0 aliphatic rings. The summed E-state index contributed by atoms with van der Waals surface area (Å²) in [6.07, 6.45) is 0.999. The lowest BCUT2D eigenvalue weighted by Crippen LogP contribution is -1.98. The third-order valence-corrected chi connectivity index (χ3v) is 3.71. The number of aryl methyl sites for hydroxylation is 1. The highest BCUT2D eigenvalue weighted by atomic mass is 79.9. The van der Waals surface area contributed by atoms with Crippen LogP contribution in [0, 0.1) is 12.8 Å². The molecule has 0 bridgehead atoms. The molecular weight excluding hydrogens is 252 g/mol. The minimum atomic E-state index is 0.617. The molecule has 2 rings (SSSR count). The van der Waals surface area contributed by atoms with E-state index in [2.05, 4.69) is 54.0 Å². The van der Waals surface area contributed by atoms with Gasteiger partial charge in [0.1, 0.15) is 11.3 Å². The van der Waals surface area contributed by atoms with Crippen LogP contribution < -0.4 is 0 Å². The topological polar surface area (TPSA) is 13.1 Å². The fraction of sp³-hybridized carbons (Fsp3) is 0.385. The lowest BCUT2D eigenvalue weighted by molar-refractivity contribution is 0.503. The smallest absolute Gasteiger partial charge is 0.137 e. The Morgan fingerprint density at radius 1 is 1.40 bits per heavy atom. The molecule has 0 aliphatic carbocycles. The zero-order valence-electron chi connectivity index (χ0n) is 9.09. The predicted octanol–water partition coefficient (Wildman–Crippen LogP) is 4.31. The number of hydrogen-bond donors (Lipinski definition) is 0. The zero-order valence-corrected chi connectivity index (χ0v) is 10.7. The normalized spacial score (nSPS) is 13.3. The second-order valence-electron chi connectivity index (χ2n) is 4.17. The number of halogens is 1. The molecule has 1 heterocycles. The van der Waals surface area contributed by atoms with Crippen molar-refractivity contribution >= 4 is 26.9 Å². The first kappa shape index (κ1) is 10.7. The Morgan fingerprint density at radius 3 is 2.87 bits per heavy atom. The van der Waals surface area contributed by atoms with Crippen molar-refractivity contribution < 1.29 is 4.42 Å². The van der Waals surface area contributed by atoms with E-state index >= 15 is 0 Å². The van der Waals surface area contributed by atoms with Crippen LogP contribution in [0.15, 0.2) is 28.7 Å². The van der Waals surface area contributed by atoms with E-state index in [0.29, 0.717) is 5.92 Å². The Hall–Kier alpha value is -0.760. The lowest BCUT2D eigenvalue weighted by atomic mass is 10.1. The first-order valence-electron chi connectivity index (χ1n) is 5.24. The Labute approximate surface area is 98.6 Å². The Kier molecular flexibility index (Phi) is 3.15. The van der Waals surface area contributed by atoms with E-state index in [1.165, 1.54) is 10.9 Å². The first-order valence-corrected chi connectivity index (χ1v) is 6.37. The van der Waals surface area contributed by atoms with Gasteiger partial charge in [-0.3, -0.25) is 0 Å². The molecule has 0 aliphatic heterocycles. The van der Waals surface area contributed by atoms with Gasteiger partial charge in [0, 0.05) is 17.1 Å². The molecule has 0 radical (unpaired) electrons. The molecule has 1 nitrogen and oxygen atoms in total. The average molecular weight is 267 g/mol. The molecule has 2 heteroatoms. The fourth-order valence-electron chi connectivity index (χ4n) is 1.76. The molecular formula is C13H15BrO. The van der Waals surface area contributed by atoms with Crippen LogP contribution in [0.4, 0.5) is 0 Å².